The summed E-state index contributed by atoms with van der Waals surface area (Å²) in [6, 6.07) is 16.4. The molecule has 0 saturated carbocycles. The minimum Gasteiger partial charge on any atom is -0.488 e. The van der Waals surface area contributed by atoms with Gasteiger partial charge in [-0.1, -0.05) is 36.4 Å². The number of aliphatic hydroxyl groups excluding tert-OH is 1. The maximum atomic E-state index is 12.6. The number of aryl methyl sites for hydroxylation is 1. The molecule has 2 aromatic carbocycles. The van der Waals surface area contributed by atoms with Crippen LogP contribution in [-0.4, -0.2) is 28.7 Å². The van der Waals surface area contributed by atoms with Gasteiger partial charge in [0.05, 0.1) is 6.10 Å². The molecule has 0 saturated heterocycles. The first-order valence-corrected chi connectivity index (χ1v) is 9.50. The molecule has 2 atom stereocenters. The third kappa shape index (κ3) is 6.22. The van der Waals surface area contributed by atoms with Crippen LogP contribution in [0.2, 0.25) is 0 Å². The van der Waals surface area contributed by atoms with E-state index >= 15 is 0 Å². The quantitative estimate of drug-likeness (QED) is 0.533. The molecule has 0 spiro atoms. The van der Waals surface area contributed by atoms with Gasteiger partial charge in [-0.2, -0.15) is 0 Å². The van der Waals surface area contributed by atoms with Crippen molar-refractivity contribution in [1.29, 1.82) is 0 Å². The lowest BCUT2D eigenvalue weighted by Crippen LogP contribution is -2.29. The highest BCUT2D eigenvalue weighted by atomic mass is 19.4. The van der Waals surface area contributed by atoms with Crippen LogP contribution in [0.5, 0.6) is 11.5 Å². The Hall–Kier alpha value is -3.06. The fourth-order valence-electron chi connectivity index (χ4n) is 3.02. The van der Waals surface area contributed by atoms with Gasteiger partial charge in [0.1, 0.15) is 17.6 Å². The van der Waals surface area contributed by atoms with Crippen LogP contribution in [0.15, 0.2) is 73.1 Å². The van der Waals surface area contributed by atoms with Gasteiger partial charge in [0.2, 0.25) is 0 Å². The fourth-order valence-corrected chi connectivity index (χ4v) is 3.02. The summed E-state index contributed by atoms with van der Waals surface area (Å²) in [5, 5.41) is 10.3. The monoisotopic (exact) mass is 417 g/mol. The molecule has 1 aromatic heterocycles. The van der Waals surface area contributed by atoms with Gasteiger partial charge in [-0.25, -0.2) is 0 Å². The maximum Gasteiger partial charge on any atom is 0.573 e. The molecule has 4 nitrogen and oxygen atoms in total. The molecule has 0 aliphatic heterocycles. The maximum absolute atomic E-state index is 12.6. The van der Waals surface area contributed by atoms with Gasteiger partial charge in [-0.3, -0.25) is 4.98 Å². The van der Waals surface area contributed by atoms with E-state index in [-0.39, 0.29) is 5.75 Å². The summed E-state index contributed by atoms with van der Waals surface area (Å²) >= 11 is 0. The largest absolute Gasteiger partial charge is 0.573 e. The minimum atomic E-state index is -4.76. The smallest absolute Gasteiger partial charge is 0.488 e. The average molecular weight is 417 g/mol. The van der Waals surface area contributed by atoms with Gasteiger partial charge in [0, 0.05) is 18.0 Å². The number of para-hydroxylation sites is 1. The Balaban J connectivity index is 1.62. The van der Waals surface area contributed by atoms with E-state index in [1.807, 2.05) is 12.1 Å². The van der Waals surface area contributed by atoms with Crippen molar-refractivity contribution < 1.29 is 27.8 Å². The van der Waals surface area contributed by atoms with E-state index in [0.717, 1.165) is 5.56 Å². The van der Waals surface area contributed by atoms with Crippen LogP contribution >= 0.6 is 0 Å². The SMILES string of the molecule is CC(Oc1ccc(-c2ccccc2OC(F)(F)F)cc1)C(O)CCc1cccnc1. The number of benzene rings is 2. The molecule has 30 heavy (non-hydrogen) atoms. The Morgan fingerprint density at radius 1 is 1.00 bits per heavy atom. The van der Waals surface area contributed by atoms with Gasteiger partial charge in [0.25, 0.3) is 0 Å². The highest BCUT2D eigenvalue weighted by Crippen LogP contribution is 2.34. The first-order valence-electron chi connectivity index (χ1n) is 9.50. The first kappa shape index (κ1) is 21.6. The molecule has 0 aliphatic carbocycles. The van der Waals surface area contributed by atoms with Crippen LogP contribution in [0.1, 0.15) is 18.9 Å². The van der Waals surface area contributed by atoms with Crippen molar-refractivity contribution in [3.63, 3.8) is 0 Å². The van der Waals surface area contributed by atoms with Gasteiger partial charge in [0.15, 0.2) is 0 Å². The van der Waals surface area contributed by atoms with Gasteiger partial charge in [-0.15, -0.1) is 13.2 Å². The average Bonchev–Trinajstić information content (AvgIpc) is 2.72. The standard InChI is InChI=1S/C23H22F3NO3/c1-16(21(28)13-8-17-5-4-14-27-15-17)29-19-11-9-18(10-12-19)20-6-2-3-7-22(20)30-23(24,25)26/h2-7,9-12,14-16,21,28H,8,13H2,1H3. The summed E-state index contributed by atoms with van der Waals surface area (Å²) in [7, 11) is 0. The molecule has 0 fully saturated rings. The third-order valence-electron chi connectivity index (χ3n) is 4.59. The van der Waals surface area contributed by atoms with Crippen molar-refractivity contribution in [2.75, 3.05) is 0 Å². The lowest BCUT2D eigenvalue weighted by Gasteiger charge is -2.21. The Labute approximate surface area is 172 Å². The predicted molar refractivity (Wildman–Crippen MR) is 107 cm³/mol. The molecule has 158 valence electrons. The Kier molecular flexibility index (Phi) is 6.95. The molecule has 3 rings (SSSR count). The summed E-state index contributed by atoms with van der Waals surface area (Å²) in [5.74, 6) is 0.249. The molecule has 3 aromatic rings. The number of aromatic nitrogens is 1. The number of pyridine rings is 1. The molecule has 1 heterocycles. The number of rotatable bonds is 8. The number of alkyl halides is 3. The molecule has 1 N–H and O–H groups in total. The van der Waals surface area contributed by atoms with E-state index < -0.39 is 18.6 Å². The number of nitrogens with zero attached hydrogens (tertiary/aromatic N) is 1. The topological polar surface area (TPSA) is 51.6 Å². The van der Waals surface area contributed by atoms with Gasteiger partial charge >= 0.3 is 6.36 Å². The van der Waals surface area contributed by atoms with E-state index in [4.69, 9.17) is 4.74 Å². The number of hydrogen-bond acceptors (Lipinski definition) is 4. The second-order valence-electron chi connectivity index (χ2n) is 6.86. The zero-order valence-corrected chi connectivity index (χ0v) is 16.3. The second-order valence-corrected chi connectivity index (χ2v) is 6.86. The summed E-state index contributed by atoms with van der Waals surface area (Å²) < 4.78 is 47.8. The lowest BCUT2D eigenvalue weighted by atomic mass is 10.0. The Morgan fingerprint density at radius 3 is 2.40 bits per heavy atom. The molecule has 7 heteroatoms. The van der Waals surface area contributed by atoms with Crippen LogP contribution in [0, 0.1) is 0 Å². The van der Waals surface area contributed by atoms with Crippen LogP contribution in [-0.2, 0) is 6.42 Å². The van der Waals surface area contributed by atoms with Crippen LogP contribution in [0.4, 0.5) is 13.2 Å². The van der Waals surface area contributed by atoms with Crippen LogP contribution in [0.25, 0.3) is 11.1 Å². The second kappa shape index (κ2) is 9.63. The summed E-state index contributed by atoms with van der Waals surface area (Å²) in [6.45, 7) is 1.77. The van der Waals surface area contributed by atoms with Crippen LogP contribution in [0.3, 0.4) is 0 Å². The van der Waals surface area contributed by atoms with Crippen molar-refractivity contribution >= 4 is 0 Å². The zero-order valence-electron chi connectivity index (χ0n) is 16.3. The number of ether oxygens (including phenoxy) is 2. The van der Waals surface area contributed by atoms with Crippen LogP contribution < -0.4 is 9.47 Å². The summed E-state index contributed by atoms with van der Waals surface area (Å²) in [6.07, 6.45) is -1.23. The molecular formula is C23H22F3NO3. The number of hydrogen-bond donors (Lipinski definition) is 1. The number of halogens is 3. The zero-order chi connectivity index (χ0) is 21.6. The number of aliphatic hydroxyl groups is 1. The molecule has 0 aliphatic rings. The predicted octanol–water partition coefficient (Wildman–Crippen LogP) is 5.41. The van der Waals surface area contributed by atoms with Gasteiger partial charge < -0.3 is 14.6 Å². The minimum absolute atomic E-state index is 0.266. The highest BCUT2D eigenvalue weighted by molar-refractivity contribution is 5.70. The molecule has 2 unspecified atom stereocenters. The van der Waals surface area contributed by atoms with E-state index in [9.17, 15) is 18.3 Å². The van der Waals surface area contributed by atoms with Gasteiger partial charge in [-0.05, 0) is 55.2 Å². The highest BCUT2D eigenvalue weighted by Gasteiger charge is 2.32. The van der Waals surface area contributed by atoms with E-state index in [0.29, 0.717) is 29.7 Å². The Morgan fingerprint density at radius 2 is 1.73 bits per heavy atom. The lowest BCUT2D eigenvalue weighted by molar-refractivity contribution is -0.274. The van der Waals surface area contributed by atoms with Crippen molar-refractivity contribution in [1.82, 2.24) is 4.98 Å². The Bertz CT molecular complexity index is 930. The van der Waals surface area contributed by atoms with Crippen molar-refractivity contribution in [3.8, 4) is 22.6 Å². The summed E-state index contributed by atoms with van der Waals surface area (Å²) in [5.41, 5.74) is 1.92. The summed E-state index contributed by atoms with van der Waals surface area (Å²) in [4.78, 5) is 4.05. The normalized spacial score (nSPS) is 13.5. The van der Waals surface area contributed by atoms with E-state index in [2.05, 4.69) is 9.72 Å². The fraction of sp³-hybridized carbons (Fsp3) is 0.261. The van der Waals surface area contributed by atoms with E-state index in [1.54, 1.807) is 55.7 Å². The molecular weight excluding hydrogens is 395 g/mol. The third-order valence-corrected chi connectivity index (χ3v) is 4.59. The van der Waals surface area contributed by atoms with Crippen molar-refractivity contribution in [2.24, 2.45) is 0 Å². The van der Waals surface area contributed by atoms with E-state index in [1.165, 1.54) is 12.1 Å². The van der Waals surface area contributed by atoms with Crippen molar-refractivity contribution in [2.45, 2.75) is 38.3 Å². The molecule has 0 bridgehead atoms. The van der Waals surface area contributed by atoms with Crippen molar-refractivity contribution in [3.05, 3.63) is 78.6 Å². The molecule has 0 amide bonds. The molecule has 0 radical (unpaired) electrons. The first-order chi connectivity index (χ1) is 14.3.